The van der Waals surface area contributed by atoms with Gasteiger partial charge in [0.1, 0.15) is 11.6 Å². The average molecular weight is 438 g/mol. The van der Waals surface area contributed by atoms with Crippen LogP contribution in [0.1, 0.15) is 38.7 Å². The van der Waals surface area contributed by atoms with Crippen LogP contribution in [0.15, 0.2) is 54.6 Å². The van der Waals surface area contributed by atoms with Crippen LogP contribution in [0.3, 0.4) is 0 Å². The van der Waals surface area contributed by atoms with Crippen molar-refractivity contribution in [3.05, 3.63) is 88.5 Å². The molecule has 0 aliphatic carbocycles. The monoisotopic (exact) mass is 438 g/mol. The summed E-state index contributed by atoms with van der Waals surface area (Å²) in [4.78, 5) is 21.3. The second kappa shape index (κ2) is 8.93. The molecule has 0 aliphatic heterocycles. The van der Waals surface area contributed by atoms with Crippen molar-refractivity contribution in [3.8, 4) is 23.5 Å². The highest BCUT2D eigenvalue weighted by Crippen LogP contribution is 2.24. The van der Waals surface area contributed by atoms with Gasteiger partial charge in [0.15, 0.2) is 5.82 Å². The molecule has 2 aromatic heterocycles. The third-order valence-electron chi connectivity index (χ3n) is 5.26. The molecule has 0 radical (unpaired) electrons. The highest BCUT2D eigenvalue weighted by molar-refractivity contribution is 6.04. The van der Waals surface area contributed by atoms with Crippen molar-refractivity contribution in [2.24, 2.45) is 0 Å². The molecule has 0 spiro atoms. The summed E-state index contributed by atoms with van der Waals surface area (Å²) in [5, 5.41) is 16.4. The van der Waals surface area contributed by atoms with Gasteiger partial charge >= 0.3 is 0 Å². The first-order valence-electron chi connectivity index (χ1n) is 10.3. The predicted molar refractivity (Wildman–Crippen MR) is 124 cm³/mol. The van der Waals surface area contributed by atoms with E-state index in [9.17, 15) is 4.79 Å². The first-order chi connectivity index (χ1) is 15.8. The Balaban J connectivity index is 1.50. The molecule has 0 saturated heterocycles. The number of nitriles is 1. The van der Waals surface area contributed by atoms with E-state index in [2.05, 4.69) is 20.4 Å². The molecule has 0 fully saturated rings. The molecule has 2 aromatic carbocycles. The minimum absolute atomic E-state index is 0.294. The van der Waals surface area contributed by atoms with Crippen molar-refractivity contribution in [2.45, 2.75) is 27.7 Å². The Morgan fingerprint density at radius 2 is 1.79 bits per heavy atom. The van der Waals surface area contributed by atoms with Crippen molar-refractivity contribution < 1.29 is 9.53 Å². The van der Waals surface area contributed by atoms with Gasteiger partial charge in [-0.05, 0) is 75.7 Å². The maximum atomic E-state index is 12.4. The van der Waals surface area contributed by atoms with E-state index in [0.717, 1.165) is 17.0 Å². The van der Waals surface area contributed by atoms with Crippen molar-refractivity contribution in [1.29, 1.82) is 5.26 Å². The van der Waals surface area contributed by atoms with Gasteiger partial charge in [-0.3, -0.25) is 4.79 Å². The third-order valence-corrected chi connectivity index (χ3v) is 5.26. The molecule has 0 atom stereocenters. The zero-order valence-corrected chi connectivity index (χ0v) is 18.7. The van der Waals surface area contributed by atoms with E-state index < -0.39 is 0 Å². The van der Waals surface area contributed by atoms with Gasteiger partial charge in [0, 0.05) is 23.0 Å². The number of rotatable bonds is 5. The van der Waals surface area contributed by atoms with Crippen molar-refractivity contribution >= 4 is 11.6 Å². The molecule has 4 rings (SSSR count). The highest BCUT2D eigenvalue weighted by Gasteiger charge is 2.13. The maximum Gasteiger partial charge on any atom is 0.255 e. The van der Waals surface area contributed by atoms with Crippen molar-refractivity contribution in [2.75, 3.05) is 5.32 Å². The number of hydrogen-bond donors (Lipinski definition) is 1. The van der Waals surface area contributed by atoms with Crippen LogP contribution in [0.25, 0.3) is 5.82 Å². The number of amides is 1. The summed E-state index contributed by atoms with van der Waals surface area (Å²) in [6.45, 7) is 7.79. The zero-order chi connectivity index (χ0) is 23.5. The highest BCUT2D eigenvalue weighted by atomic mass is 16.5. The summed E-state index contributed by atoms with van der Waals surface area (Å²) in [6, 6.07) is 17.3. The molecule has 1 N–H and O–H groups in total. The number of carbonyl (C=O) groups is 1. The minimum Gasteiger partial charge on any atom is -0.439 e. The summed E-state index contributed by atoms with van der Waals surface area (Å²) >= 11 is 0. The third kappa shape index (κ3) is 4.72. The number of nitrogens with zero attached hydrogens (tertiary/aromatic N) is 5. The molecule has 0 bridgehead atoms. The second-order valence-electron chi connectivity index (χ2n) is 7.59. The summed E-state index contributed by atoms with van der Waals surface area (Å²) < 4.78 is 7.72. The molecular formula is C25H22N6O2. The number of carbonyl (C=O) groups excluding carboxylic acids is 1. The minimum atomic E-state index is -0.294. The number of hydrogen-bond acceptors (Lipinski definition) is 6. The lowest BCUT2D eigenvalue weighted by molar-refractivity contribution is 0.102. The number of benzene rings is 2. The molecule has 0 aliphatic rings. The number of ether oxygens (including phenoxy) is 1. The Bertz CT molecular complexity index is 1380. The fraction of sp³-hybridized carbons (Fsp3) is 0.160. The maximum absolute atomic E-state index is 12.4. The quantitative estimate of drug-likeness (QED) is 0.479. The lowest BCUT2D eigenvalue weighted by atomic mass is 10.1. The van der Waals surface area contributed by atoms with Gasteiger partial charge in [-0.1, -0.05) is 6.07 Å². The molecule has 2 heterocycles. The molecule has 8 heteroatoms. The van der Waals surface area contributed by atoms with Crippen LogP contribution < -0.4 is 10.1 Å². The number of aromatic nitrogens is 4. The van der Waals surface area contributed by atoms with Crippen LogP contribution in [-0.4, -0.2) is 25.7 Å². The van der Waals surface area contributed by atoms with Gasteiger partial charge in [-0.25, -0.2) is 9.67 Å². The topological polar surface area (TPSA) is 106 Å². The van der Waals surface area contributed by atoms with Gasteiger partial charge in [0.25, 0.3) is 5.91 Å². The molecule has 1 amide bonds. The van der Waals surface area contributed by atoms with E-state index in [0.29, 0.717) is 40.1 Å². The second-order valence-corrected chi connectivity index (χ2v) is 7.59. The standard InChI is InChI=1S/C25H22N6O2/c1-15-16(2)30-31(17(15)3)23-13-24(28-18(4)27-23)33-22-10-8-21(9-11-22)29-25(32)20-7-5-6-19(12-20)14-26/h5-13H,1-4H3,(H,29,32). The number of anilines is 1. The molecule has 8 nitrogen and oxygen atoms in total. The normalized spacial score (nSPS) is 10.5. The van der Waals surface area contributed by atoms with Gasteiger partial charge in [0.2, 0.25) is 5.88 Å². The van der Waals surface area contributed by atoms with Crippen LogP contribution in [0.4, 0.5) is 5.69 Å². The zero-order valence-electron chi connectivity index (χ0n) is 18.7. The first-order valence-corrected chi connectivity index (χ1v) is 10.3. The van der Waals surface area contributed by atoms with Gasteiger partial charge < -0.3 is 10.1 Å². The van der Waals surface area contributed by atoms with Crippen LogP contribution in [0, 0.1) is 39.0 Å². The SMILES string of the molecule is Cc1nc(Oc2ccc(NC(=O)c3cccc(C#N)c3)cc2)cc(-n2nc(C)c(C)c2C)n1. The Hall–Kier alpha value is -4.51. The van der Waals surface area contributed by atoms with Crippen LogP contribution in [0.5, 0.6) is 11.6 Å². The number of aryl methyl sites for hydroxylation is 2. The largest absolute Gasteiger partial charge is 0.439 e. The first kappa shape index (κ1) is 21.7. The summed E-state index contributed by atoms with van der Waals surface area (Å²) in [7, 11) is 0. The van der Waals surface area contributed by atoms with Gasteiger partial charge in [-0.15, -0.1) is 0 Å². The lowest BCUT2D eigenvalue weighted by Gasteiger charge is -2.10. The Morgan fingerprint density at radius 1 is 1.03 bits per heavy atom. The van der Waals surface area contributed by atoms with Crippen LogP contribution in [0.2, 0.25) is 0 Å². The number of nitrogens with one attached hydrogen (secondary N) is 1. The van der Waals surface area contributed by atoms with Crippen molar-refractivity contribution in [1.82, 2.24) is 19.7 Å². The summed E-state index contributed by atoms with van der Waals surface area (Å²) in [6.07, 6.45) is 0. The van der Waals surface area contributed by atoms with E-state index in [1.54, 1.807) is 66.2 Å². The Labute approximate surface area is 191 Å². The molecule has 0 unspecified atom stereocenters. The Morgan fingerprint density at radius 3 is 2.45 bits per heavy atom. The predicted octanol–water partition coefficient (Wildman–Crippen LogP) is 4.81. The van der Waals surface area contributed by atoms with Crippen LogP contribution >= 0.6 is 0 Å². The molecule has 33 heavy (non-hydrogen) atoms. The fourth-order valence-electron chi connectivity index (χ4n) is 3.29. The van der Waals surface area contributed by atoms with E-state index in [4.69, 9.17) is 10.00 Å². The van der Waals surface area contributed by atoms with Crippen LogP contribution in [-0.2, 0) is 0 Å². The smallest absolute Gasteiger partial charge is 0.255 e. The fourth-order valence-corrected chi connectivity index (χ4v) is 3.29. The molecule has 0 saturated carbocycles. The van der Waals surface area contributed by atoms with E-state index in [-0.39, 0.29) is 5.91 Å². The molecular weight excluding hydrogens is 416 g/mol. The molecule has 164 valence electrons. The van der Waals surface area contributed by atoms with E-state index in [1.165, 1.54) is 0 Å². The molecule has 4 aromatic rings. The van der Waals surface area contributed by atoms with E-state index in [1.807, 2.05) is 26.8 Å². The summed E-state index contributed by atoms with van der Waals surface area (Å²) in [5.74, 6) is 1.86. The average Bonchev–Trinajstić information content (AvgIpc) is 3.07. The lowest BCUT2D eigenvalue weighted by Crippen LogP contribution is -2.11. The Kier molecular flexibility index (Phi) is 5.87. The summed E-state index contributed by atoms with van der Waals surface area (Å²) in [5.41, 5.74) is 4.53. The van der Waals surface area contributed by atoms with Gasteiger partial charge in [-0.2, -0.15) is 15.3 Å². The van der Waals surface area contributed by atoms with Crippen molar-refractivity contribution in [3.63, 3.8) is 0 Å². The van der Waals surface area contributed by atoms with E-state index >= 15 is 0 Å². The van der Waals surface area contributed by atoms with Gasteiger partial charge in [0.05, 0.1) is 17.3 Å².